The van der Waals surface area contributed by atoms with Crippen molar-refractivity contribution in [1.82, 2.24) is 15.5 Å². The number of amides is 1. The Morgan fingerprint density at radius 2 is 2.05 bits per heavy atom. The number of benzene rings is 1. The predicted octanol–water partition coefficient (Wildman–Crippen LogP) is 2.77. The van der Waals surface area contributed by atoms with Crippen molar-refractivity contribution >= 4 is 35.3 Å². The molecule has 0 atom stereocenters. The first-order chi connectivity index (χ1) is 9.36. The van der Waals surface area contributed by atoms with Crippen molar-refractivity contribution in [3.8, 4) is 0 Å². The van der Waals surface area contributed by atoms with Crippen molar-refractivity contribution in [3.63, 3.8) is 0 Å². The van der Waals surface area contributed by atoms with Crippen LogP contribution < -0.4 is 11.1 Å². The average molecular weight is 327 g/mol. The van der Waals surface area contributed by atoms with Gasteiger partial charge in [0.25, 0.3) is 5.91 Å². The maximum absolute atomic E-state index is 12.0. The summed E-state index contributed by atoms with van der Waals surface area (Å²) >= 11 is 1.52. The molecule has 0 saturated carbocycles. The summed E-state index contributed by atoms with van der Waals surface area (Å²) in [6, 6.07) is 6.88. The van der Waals surface area contributed by atoms with Crippen molar-refractivity contribution in [2.75, 3.05) is 5.73 Å². The van der Waals surface area contributed by atoms with E-state index >= 15 is 0 Å². The average Bonchev–Trinajstić information content (AvgIpc) is 2.84. The Balaban J connectivity index is 0.00000220. The molecule has 2 rings (SSSR count). The van der Waals surface area contributed by atoms with Gasteiger partial charge in [0.15, 0.2) is 0 Å². The summed E-state index contributed by atoms with van der Waals surface area (Å²) in [5.41, 5.74) is 6.75. The Morgan fingerprint density at radius 1 is 1.33 bits per heavy atom. The highest BCUT2D eigenvalue weighted by atomic mass is 35.5. The lowest BCUT2D eigenvalue weighted by molar-refractivity contribution is 0.0951. The highest BCUT2D eigenvalue weighted by Gasteiger charge is 2.19. The second kappa shape index (κ2) is 6.87. The summed E-state index contributed by atoms with van der Waals surface area (Å²) < 4.78 is 0. The summed E-state index contributed by atoms with van der Waals surface area (Å²) in [5, 5.41) is 12.8. The molecule has 7 heteroatoms. The number of hydrogen-bond donors (Lipinski definition) is 2. The van der Waals surface area contributed by atoms with Crippen LogP contribution in [0.3, 0.4) is 0 Å². The maximum Gasteiger partial charge on any atom is 0.251 e. The fraction of sp³-hybridized carbons (Fsp3) is 0.357. The number of nitrogens with one attached hydrogen (secondary N) is 1. The van der Waals surface area contributed by atoms with Gasteiger partial charge in [0.1, 0.15) is 10.0 Å². The summed E-state index contributed by atoms with van der Waals surface area (Å²) in [6.45, 7) is 6.63. The first-order valence-corrected chi connectivity index (χ1v) is 7.14. The SMILES string of the molecule is CC(C)(C)c1nnc(CNC(=O)c2cccc(N)c2)s1.Cl. The summed E-state index contributed by atoms with van der Waals surface area (Å²) in [5.74, 6) is -0.162. The molecule has 3 N–H and O–H groups in total. The Hall–Kier alpha value is -1.66. The molecule has 1 amide bonds. The lowest BCUT2D eigenvalue weighted by atomic mass is 9.98. The van der Waals surface area contributed by atoms with Gasteiger partial charge in [0, 0.05) is 16.7 Å². The highest BCUT2D eigenvalue weighted by molar-refractivity contribution is 7.11. The van der Waals surface area contributed by atoms with E-state index in [1.165, 1.54) is 11.3 Å². The van der Waals surface area contributed by atoms with Gasteiger partial charge in [-0.3, -0.25) is 4.79 Å². The van der Waals surface area contributed by atoms with Crippen molar-refractivity contribution < 1.29 is 4.79 Å². The molecule has 0 unspecified atom stereocenters. The molecule has 2 aromatic rings. The third-order valence-electron chi connectivity index (χ3n) is 2.66. The second-order valence-corrected chi connectivity index (χ2v) is 6.62. The first kappa shape index (κ1) is 17.4. The van der Waals surface area contributed by atoms with Gasteiger partial charge in [-0.25, -0.2) is 0 Å². The van der Waals surface area contributed by atoms with E-state index in [0.29, 0.717) is 17.8 Å². The van der Waals surface area contributed by atoms with Crippen LogP contribution in [0.4, 0.5) is 5.69 Å². The lowest BCUT2D eigenvalue weighted by Crippen LogP contribution is -2.22. The van der Waals surface area contributed by atoms with Gasteiger partial charge in [-0.1, -0.05) is 38.2 Å². The van der Waals surface area contributed by atoms with E-state index in [0.717, 1.165) is 10.0 Å². The number of nitrogens with two attached hydrogens (primary N) is 1. The zero-order valence-electron chi connectivity index (χ0n) is 12.2. The molecule has 0 aliphatic heterocycles. The van der Waals surface area contributed by atoms with E-state index in [9.17, 15) is 4.79 Å². The van der Waals surface area contributed by atoms with Gasteiger partial charge in [-0.2, -0.15) is 0 Å². The summed E-state index contributed by atoms with van der Waals surface area (Å²) in [7, 11) is 0. The van der Waals surface area contributed by atoms with Crippen LogP contribution in [-0.2, 0) is 12.0 Å². The summed E-state index contributed by atoms with van der Waals surface area (Å²) in [6.07, 6.45) is 0. The fourth-order valence-electron chi connectivity index (χ4n) is 1.57. The molecule has 1 heterocycles. The number of anilines is 1. The molecule has 1 aromatic carbocycles. The fourth-order valence-corrected chi connectivity index (χ4v) is 2.40. The molecule has 0 radical (unpaired) electrons. The van der Waals surface area contributed by atoms with Gasteiger partial charge in [-0.05, 0) is 18.2 Å². The smallest absolute Gasteiger partial charge is 0.251 e. The lowest BCUT2D eigenvalue weighted by Gasteiger charge is -2.12. The molecule has 0 bridgehead atoms. The summed E-state index contributed by atoms with van der Waals surface area (Å²) in [4.78, 5) is 12.0. The number of hydrogen-bond acceptors (Lipinski definition) is 5. The number of nitrogen functional groups attached to an aromatic ring is 1. The molecule has 21 heavy (non-hydrogen) atoms. The largest absolute Gasteiger partial charge is 0.399 e. The maximum atomic E-state index is 12.0. The number of halogens is 1. The number of carbonyl (C=O) groups is 1. The Bertz CT molecular complexity index is 621. The van der Waals surface area contributed by atoms with Crippen LogP contribution in [0, 0.1) is 0 Å². The van der Waals surface area contributed by atoms with Gasteiger partial charge in [-0.15, -0.1) is 22.6 Å². The molecule has 0 fully saturated rings. The number of carbonyl (C=O) groups excluding carboxylic acids is 1. The van der Waals surface area contributed by atoms with Crippen molar-refractivity contribution in [1.29, 1.82) is 0 Å². The second-order valence-electron chi connectivity index (χ2n) is 5.56. The highest BCUT2D eigenvalue weighted by Crippen LogP contribution is 2.25. The standard InChI is InChI=1S/C14H18N4OS.ClH/c1-14(2,3)13-18-17-11(20-13)8-16-12(19)9-5-4-6-10(15)7-9;/h4-7H,8,15H2,1-3H3,(H,16,19);1H. The zero-order valence-corrected chi connectivity index (χ0v) is 13.8. The van der Waals surface area contributed by atoms with Gasteiger partial charge >= 0.3 is 0 Å². The predicted molar refractivity (Wildman–Crippen MR) is 87.9 cm³/mol. The van der Waals surface area contributed by atoms with Gasteiger partial charge in [0.2, 0.25) is 0 Å². The van der Waals surface area contributed by atoms with Crippen LogP contribution in [0.2, 0.25) is 0 Å². The molecular formula is C14H19ClN4OS. The molecule has 0 aliphatic rings. The number of aromatic nitrogens is 2. The molecule has 1 aromatic heterocycles. The topological polar surface area (TPSA) is 80.9 Å². The molecule has 114 valence electrons. The minimum absolute atomic E-state index is 0. The van der Waals surface area contributed by atoms with E-state index in [2.05, 4.69) is 36.3 Å². The third-order valence-corrected chi connectivity index (χ3v) is 4.01. The Morgan fingerprint density at radius 3 is 2.62 bits per heavy atom. The minimum atomic E-state index is -0.162. The Kier molecular flexibility index (Phi) is 5.69. The van der Waals surface area contributed by atoms with Crippen LogP contribution in [0.5, 0.6) is 0 Å². The quantitative estimate of drug-likeness (QED) is 0.850. The normalized spacial score (nSPS) is 10.8. The van der Waals surface area contributed by atoms with E-state index in [4.69, 9.17) is 5.73 Å². The third kappa shape index (κ3) is 4.68. The molecule has 5 nitrogen and oxygen atoms in total. The minimum Gasteiger partial charge on any atom is -0.399 e. The van der Waals surface area contributed by atoms with Crippen molar-refractivity contribution in [3.05, 3.63) is 39.8 Å². The molecule has 0 saturated heterocycles. The monoisotopic (exact) mass is 326 g/mol. The number of rotatable bonds is 3. The van der Waals surface area contributed by atoms with E-state index in [-0.39, 0.29) is 23.7 Å². The molecule has 0 spiro atoms. The van der Waals surface area contributed by atoms with Crippen LogP contribution in [0.15, 0.2) is 24.3 Å². The van der Waals surface area contributed by atoms with Gasteiger partial charge in [0.05, 0.1) is 6.54 Å². The van der Waals surface area contributed by atoms with Crippen LogP contribution in [-0.4, -0.2) is 16.1 Å². The first-order valence-electron chi connectivity index (χ1n) is 6.33. The van der Waals surface area contributed by atoms with E-state index in [1.807, 2.05) is 0 Å². The van der Waals surface area contributed by atoms with Crippen LogP contribution in [0.25, 0.3) is 0 Å². The van der Waals surface area contributed by atoms with Crippen molar-refractivity contribution in [2.45, 2.75) is 32.7 Å². The Labute approximate surface area is 134 Å². The van der Waals surface area contributed by atoms with E-state index < -0.39 is 0 Å². The molecular weight excluding hydrogens is 308 g/mol. The van der Waals surface area contributed by atoms with Crippen LogP contribution in [0.1, 0.15) is 41.1 Å². The van der Waals surface area contributed by atoms with Gasteiger partial charge < -0.3 is 11.1 Å². The van der Waals surface area contributed by atoms with Crippen molar-refractivity contribution in [2.24, 2.45) is 0 Å². The number of nitrogens with zero attached hydrogens (tertiary/aromatic N) is 2. The molecule has 0 aliphatic carbocycles. The zero-order chi connectivity index (χ0) is 14.8. The van der Waals surface area contributed by atoms with E-state index in [1.54, 1.807) is 24.3 Å². The van der Waals surface area contributed by atoms with Crippen LogP contribution >= 0.6 is 23.7 Å².